The predicted octanol–water partition coefficient (Wildman–Crippen LogP) is 9.40. The largest absolute Gasteiger partial charge is 0.236 e. The summed E-state index contributed by atoms with van der Waals surface area (Å²) in [7, 11) is 0. The zero-order valence-electron chi connectivity index (χ0n) is 21.0. The third kappa shape index (κ3) is 10.3. The molecule has 0 amide bonds. The maximum Gasteiger partial charge on any atom is 0.170 e. The number of benzene rings is 1. The molecular formula is C29H44F2N2. The molecule has 0 aliphatic carbocycles. The number of nitrogens with zero attached hydrogens (tertiary/aromatic N) is 2. The standard InChI is InChI=1S/C29H44F2N2/c1-3-5-7-9-11-13-14-16-18-24-22-32-29(33-23-24)26-21-20-25(27(30)28(26)31)19-17-15-12-10-8-6-4-2/h20-23H,3-19H2,1-2H3. The minimum absolute atomic E-state index is 0.148. The molecule has 0 fully saturated rings. The lowest BCUT2D eigenvalue weighted by Crippen LogP contribution is -2.00. The van der Waals surface area contributed by atoms with Gasteiger partial charge in [0.05, 0.1) is 5.56 Å². The van der Waals surface area contributed by atoms with E-state index < -0.39 is 11.6 Å². The number of aryl methyl sites for hydroxylation is 2. The second-order valence-corrected chi connectivity index (χ2v) is 9.41. The van der Waals surface area contributed by atoms with Crippen LogP contribution in [0.5, 0.6) is 0 Å². The van der Waals surface area contributed by atoms with E-state index in [9.17, 15) is 8.78 Å². The van der Waals surface area contributed by atoms with Crippen LogP contribution in [0.3, 0.4) is 0 Å². The Morgan fingerprint density at radius 3 is 1.61 bits per heavy atom. The van der Waals surface area contributed by atoms with E-state index in [0.29, 0.717) is 12.0 Å². The number of rotatable bonds is 18. The highest BCUT2D eigenvalue weighted by Gasteiger charge is 2.16. The average molecular weight is 459 g/mol. The van der Waals surface area contributed by atoms with Crippen LogP contribution in [0.25, 0.3) is 11.4 Å². The summed E-state index contributed by atoms with van der Waals surface area (Å²) in [5, 5.41) is 0. The maximum absolute atomic E-state index is 14.7. The Labute approximate surface area is 200 Å². The van der Waals surface area contributed by atoms with Gasteiger partial charge in [0.15, 0.2) is 17.5 Å². The highest BCUT2D eigenvalue weighted by Crippen LogP contribution is 2.25. The lowest BCUT2D eigenvalue weighted by molar-refractivity contribution is 0.496. The Kier molecular flexibility index (Phi) is 13.9. The van der Waals surface area contributed by atoms with Crippen LogP contribution in [0.15, 0.2) is 24.5 Å². The average Bonchev–Trinajstić information content (AvgIpc) is 2.83. The molecule has 0 atom stereocenters. The summed E-state index contributed by atoms with van der Waals surface area (Å²) in [5.74, 6) is -1.31. The molecule has 1 aromatic heterocycles. The molecule has 0 spiro atoms. The Morgan fingerprint density at radius 2 is 1.06 bits per heavy atom. The van der Waals surface area contributed by atoms with Gasteiger partial charge in [-0.25, -0.2) is 18.7 Å². The zero-order chi connectivity index (χ0) is 23.7. The van der Waals surface area contributed by atoms with Gasteiger partial charge in [-0.2, -0.15) is 0 Å². The third-order valence-electron chi connectivity index (χ3n) is 6.48. The highest BCUT2D eigenvalue weighted by molar-refractivity contribution is 5.56. The summed E-state index contributed by atoms with van der Waals surface area (Å²) < 4.78 is 29.3. The number of aromatic nitrogens is 2. The number of hydrogen-bond donors (Lipinski definition) is 0. The first-order valence-electron chi connectivity index (χ1n) is 13.5. The van der Waals surface area contributed by atoms with Gasteiger partial charge in [0.25, 0.3) is 0 Å². The second-order valence-electron chi connectivity index (χ2n) is 9.41. The van der Waals surface area contributed by atoms with Crippen molar-refractivity contribution in [3.63, 3.8) is 0 Å². The maximum atomic E-state index is 14.7. The Morgan fingerprint density at radius 1 is 0.576 bits per heavy atom. The van der Waals surface area contributed by atoms with Crippen molar-refractivity contribution in [3.8, 4) is 11.4 Å². The fourth-order valence-electron chi connectivity index (χ4n) is 4.31. The SMILES string of the molecule is CCCCCCCCCCc1cnc(-c2ccc(CCCCCCCCC)c(F)c2F)nc1. The van der Waals surface area contributed by atoms with Crippen LogP contribution in [0.4, 0.5) is 8.78 Å². The van der Waals surface area contributed by atoms with Gasteiger partial charge >= 0.3 is 0 Å². The van der Waals surface area contributed by atoms with Gasteiger partial charge in [0.1, 0.15) is 0 Å². The molecule has 2 nitrogen and oxygen atoms in total. The van der Waals surface area contributed by atoms with E-state index in [4.69, 9.17) is 0 Å². The molecule has 0 aliphatic heterocycles. The van der Waals surface area contributed by atoms with Crippen molar-refractivity contribution in [3.05, 3.63) is 47.3 Å². The lowest BCUT2D eigenvalue weighted by atomic mass is 10.0. The molecule has 0 saturated carbocycles. The molecule has 0 unspecified atom stereocenters. The first-order chi connectivity index (χ1) is 16.2. The minimum Gasteiger partial charge on any atom is -0.236 e. The first-order valence-corrected chi connectivity index (χ1v) is 13.5. The molecule has 2 aromatic rings. The van der Waals surface area contributed by atoms with Crippen LogP contribution < -0.4 is 0 Å². The first kappa shape index (κ1) is 27.4. The van der Waals surface area contributed by atoms with Crippen molar-refractivity contribution in [2.24, 2.45) is 0 Å². The van der Waals surface area contributed by atoms with Gasteiger partial charge < -0.3 is 0 Å². The summed E-state index contributed by atoms with van der Waals surface area (Å²) in [4.78, 5) is 8.65. The summed E-state index contributed by atoms with van der Waals surface area (Å²) in [6.45, 7) is 4.45. The molecule has 2 rings (SSSR count). The minimum atomic E-state index is -0.828. The van der Waals surface area contributed by atoms with Crippen LogP contribution in [-0.4, -0.2) is 9.97 Å². The Bertz CT molecular complexity index is 774. The topological polar surface area (TPSA) is 25.8 Å². The summed E-state index contributed by atoms with van der Waals surface area (Å²) in [6.07, 6.45) is 23.4. The molecule has 0 saturated heterocycles. The normalized spacial score (nSPS) is 11.3. The monoisotopic (exact) mass is 458 g/mol. The van der Waals surface area contributed by atoms with Crippen LogP contribution in [0, 0.1) is 11.6 Å². The Balaban J connectivity index is 1.77. The Hall–Kier alpha value is -1.84. The lowest BCUT2D eigenvalue weighted by Gasteiger charge is -2.09. The molecule has 1 aromatic carbocycles. The van der Waals surface area contributed by atoms with Crippen molar-refractivity contribution in [1.29, 1.82) is 0 Å². The van der Waals surface area contributed by atoms with E-state index in [1.807, 2.05) is 0 Å². The van der Waals surface area contributed by atoms with Gasteiger partial charge in [-0.05, 0) is 42.9 Å². The third-order valence-corrected chi connectivity index (χ3v) is 6.48. The van der Waals surface area contributed by atoms with Gasteiger partial charge in [-0.1, -0.05) is 103 Å². The number of halogens is 2. The van der Waals surface area contributed by atoms with E-state index in [1.165, 1.54) is 77.0 Å². The number of hydrogen-bond acceptors (Lipinski definition) is 2. The van der Waals surface area contributed by atoms with Crippen molar-refractivity contribution >= 4 is 0 Å². The van der Waals surface area contributed by atoms with E-state index in [1.54, 1.807) is 24.5 Å². The molecule has 4 heteroatoms. The van der Waals surface area contributed by atoms with Crippen LogP contribution in [0.2, 0.25) is 0 Å². The molecule has 1 heterocycles. The van der Waals surface area contributed by atoms with Crippen molar-refractivity contribution in [1.82, 2.24) is 9.97 Å². The van der Waals surface area contributed by atoms with E-state index in [2.05, 4.69) is 23.8 Å². The van der Waals surface area contributed by atoms with E-state index >= 15 is 0 Å². The highest BCUT2D eigenvalue weighted by atomic mass is 19.2. The summed E-state index contributed by atoms with van der Waals surface area (Å²) in [5.41, 5.74) is 1.66. The molecule has 184 valence electrons. The van der Waals surface area contributed by atoms with E-state index in [0.717, 1.165) is 31.2 Å². The van der Waals surface area contributed by atoms with Gasteiger partial charge in [0.2, 0.25) is 0 Å². The quantitative estimate of drug-likeness (QED) is 0.208. The predicted molar refractivity (Wildman–Crippen MR) is 135 cm³/mol. The summed E-state index contributed by atoms with van der Waals surface area (Å²) in [6, 6.07) is 3.32. The van der Waals surface area contributed by atoms with E-state index in [-0.39, 0.29) is 11.4 Å². The van der Waals surface area contributed by atoms with Gasteiger partial charge in [-0.3, -0.25) is 0 Å². The molecule has 0 N–H and O–H groups in total. The molecule has 0 aliphatic rings. The van der Waals surface area contributed by atoms with Gasteiger partial charge in [-0.15, -0.1) is 0 Å². The van der Waals surface area contributed by atoms with Crippen LogP contribution >= 0.6 is 0 Å². The van der Waals surface area contributed by atoms with Crippen molar-refractivity contribution in [2.45, 2.75) is 123 Å². The molecule has 33 heavy (non-hydrogen) atoms. The number of unbranched alkanes of at least 4 members (excludes halogenated alkanes) is 13. The van der Waals surface area contributed by atoms with Gasteiger partial charge in [0, 0.05) is 12.4 Å². The fraction of sp³-hybridized carbons (Fsp3) is 0.655. The molecular weight excluding hydrogens is 414 g/mol. The zero-order valence-corrected chi connectivity index (χ0v) is 21.0. The fourth-order valence-corrected chi connectivity index (χ4v) is 4.31. The van der Waals surface area contributed by atoms with Crippen molar-refractivity contribution < 1.29 is 8.78 Å². The summed E-state index contributed by atoms with van der Waals surface area (Å²) >= 11 is 0. The van der Waals surface area contributed by atoms with Crippen LogP contribution in [-0.2, 0) is 12.8 Å². The molecule has 0 bridgehead atoms. The van der Waals surface area contributed by atoms with Crippen molar-refractivity contribution in [2.75, 3.05) is 0 Å². The van der Waals surface area contributed by atoms with Crippen LogP contribution in [0.1, 0.15) is 121 Å². The molecule has 0 radical (unpaired) electrons. The second kappa shape index (κ2) is 16.7. The smallest absolute Gasteiger partial charge is 0.170 e.